The van der Waals surface area contributed by atoms with Crippen molar-refractivity contribution < 1.29 is 92.7 Å². The summed E-state index contributed by atoms with van der Waals surface area (Å²) >= 11 is 0. The summed E-state index contributed by atoms with van der Waals surface area (Å²) in [7, 11) is 0. The molecule has 1 aromatic carbocycles. The number of hydrogen-bond acceptors (Lipinski definition) is 17. The van der Waals surface area contributed by atoms with Gasteiger partial charge in [0.05, 0.1) is 19.1 Å². The van der Waals surface area contributed by atoms with Crippen molar-refractivity contribution in [2.24, 2.45) is 35.0 Å². The number of rotatable bonds is 39. The molecular weight excluding hydrogens is 1100 g/mol. The SMILES string of the molecule is CC[C@H](C)[C@H](NC(=O)[C@H](CC(N)=O)NC(=O)[C@@H](N)CO)C(=O)N[C@@H](CCC(=O)O)C(=O)N[C@H](C(=O)N[C@H](C(=O)N[C@H](C(=O)N[C@@H](CCC(=O)O)C(=O)N[C@@H](Cc1ccccc1)C(=O)N[C@@H](CCC(N)=O)C(=O)O)[C@@H](C)CC)C(C)C)[C@@H](C)O. The minimum Gasteiger partial charge on any atom is -0.481 e. The Balaban J connectivity index is 3.55. The zero-order valence-corrected chi connectivity index (χ0v) is 47.4. The summed E-state index contributed by atoms with van der Waals surface area (Å²) in [5.74, 6) is -18.3. The van der Waals surface area contributed by atoms with Gasteiger partial charge < -0.3 is 90.6 Å². The average molecular weight is 1180 g/mol. The fraction of sp³-hybridized carbons (Fsp3) is 0.615. The van der Waals surface area contributed by atoms with Crippen molar-refractivity contribution in [1.29, 1.82) is 0 Å². The summed E-state index contributed by atoms with van der Waals surface area (Å²) in [5.41, 5.74) is 16.5. The number of aliphatic hydroxyl groups excluding tert-OH is 2. The van der Waals surface area contributed by atoms with Crippen LogP contribution in [0.3, 0.4) is 0 Å². The Morgan fingerprint density at radius 2 is 0.831 bits per heavy atom. The number of nitrogens with two attached hydrogens (primary N) is 3. The highest BCUT2D eigenvalue weighted by atomic mass is 16.4. The van der Waals surface area contributed by atoms with Crippen molar-refractivity contribution in [2.75, 3.05) is 6.61 Å². The first-order valence-electron chi connectivity index (χ1n) is 26.8. The molecule has 31 nitrogen and oxygen atoms in total. The summed E-state index contributed by atoms with van der Waals surface area (Å²) in [5, 5.41) is 70.3. The number of carbonyl (C=O) groups is 14. The lowest BCUT2D eigenvalue weighted by molar-refractivity contribution is -0.142. The van der Waals surface area contributed by atoms with Gasteiger partial charge in [-0.05, 0) is 49.5 Å². The minimum absolute atomic E-state index is 0.203. The molecule has 20 N–H and O–H groups in total. The van der Waals surface area contributed by atoms with E-state index in [0.717, 1.165) is 6.92 Å². The zero-order valence-electron chi connectivity index (χ0n) is 47.4. The molecule has 1 aromatic rings. The molecule has 1 rings (SSSR count). The van der Waals surface area contributed by atoms with E-state index in [-0.39, 0.29) is 19.3 Å². The number of amides is 11. The van der Waals surface area contributed by atoms with Gasteiger partial charge in [0.15, 0.2) is 0 Å². The molecule has 0 unspecified atom stereocenters. The molecule has 0 spiro atoms. The Morgan fingerprint density at radius 3 is 1.25 bits per heavy atom. The largest absolute Gasteiger partial charge is 0.481 e. The number of carboxylic acids is 3. The molecule has 0 fully saturated rings. The number of carboxylic acid groups (broad SMARTS) is 3. The lowest BCUT2D eigenvalue weighted by Gasteiger charge is -2.31. The standard InChI is InChI=1S/C52H82N12O19/c1-8-25(5)40(62-47(77)34(22-36(55)68)59-43(73)29(53)23-65)49(79)57-31(17-20-38(71)72)45(75)64-42(27(7)66)51(81)61-39(24(3)4)48(78)63-41(26(6)9-2)50(80)56-30(16-19-37(69)70)44(74)60-33(21-28-13-11-10-12-14-28)46(76)58-32(52(82)83)15-18-35(54)67/h10-14,24-27,29-34,39-42,65-66H,8-9,15-23,53H2,1-7H3,(H2,54,67)(H2,55,68)(H,56,80)(H,57,79)(H,58,76)(H,59,73)(H,60,74)(H,61,81)(H,62,77)(H,63,78)(H,64,75)(H,69,70)(H,71,72)(H,82,83)/t25-,26-,27+,29-,30-,31-,32-,33-,34-,39-,40-,41-,42-/m0/s1. The maximum Gasteiger partial charge on any atom is 0.326 e. The summed E-state index contributed by atoms with van der Waals surface area (Å²) in [4.78, 5) is 183. The second kappa shape index (κ2) is 36.2. The van der Waals surface area contributed by atoms with Gasteiger partial charge in [-0.25, -0.2) is 4.79 Å². The molecule has 0 saturated heterocycles. The molecule has 0 aliphatic rings. The molecule has 31 heteroatoms. The van der Waals surface area contributed by atoms with Crippen molar-refractivity contribution >= 4 is 82.9 Å². The van der Waals surface area contributed by atoms with E-state index in [1.54, 1.807) is 51.1 Å². The number of hydrogen-bond donors (Lipinski definition) is 17. The van der Waals surface area contributed by atoms with Gasteiger partial charge in [-0.1, -0.05) is 84.7 Å². The van der Waals surface area contributed by atoms with Crippen LogP contribution in [0.15, 0.2) is 30.3 Å². The van der Waals surface area contributed by atoms with Gasteiger partial charge in [-0.2, -0.15) is 0 Å². The summed E-state index contributed by atoms with van der Waals surface area (Å²) in [6.07, 6.45) is -5.76. The third-order valence-corrected chi connectivity index (χ3v) is 13.2. The van der Waals surface area contributed by atoms with Gasteiger partial charge in [0.1, 0.15) is 60.4 Å². The molecule has 0 radical (unpaired) electrons. The molecule has 0 aromatic heterocycles. The zero-order chi connectivity index (χ0) is 63.4. The number of carbonyl (C=O) groups excluding carboxylic acids is 11. The van der Waals surface area contributed by atoms with Gasteiger partial charge in [-0.3, -0.25) is 62.3 Å². The van der Waals surface area contributed by atoms with E-state index in [0.29, 0.717) is 5.56 Å². The van der Waals surface area contributed by atoms with Crippen LogP contribution in [0.25, 0.3) is 0 Å². The summed E-state index contributed by atoms with van der Waals surface area (Å²) in [6, 6.07) is -8.22. The third kappa shape index (κ3) is 26.0. The van der Waals surface area contributed by atoms with Gasteiger partial charge in [-0.15, -0.1) is 0 Å². The Kier molecular flexibility index (Phi) is 31.7. The second-order valence-corrected chi connectivity index (χ2v) is 20.4. The highest BCUT2D eigenvalue weighted by Gasteiger charge is 2.39. The quantitative estimate of drug-likeness (QED) is 0.0293. The number of aliphatic carboxylic acids is 3. The molecular formula is C52H82N12O19. The Labute approximate surface area is 478 Å². The van der Waals surface area contributed by atoms with Crippen LogP contribution < -0.4 is 65.1 Å². The average Bonchev–Trinajstić information content (AvgIpc) is 3.50. The number of nitrogens with one attached hydrogen (secondary N) is 9. The van der Waals surface area contributed by atoms with Crippen LogP contribution in [0.4, 0.5) is 0 Å². The fourth-order valence-electron chi connectivity index (χ4n) is 7.85. The highest BCUT2D eigenvalue weighted by molar-refractivity contribution is 5.99. The van der Waals surface area contributed by atoms with E-state index in [9.17, 15) is 92.7 Å². The maximum absolute atomic E-state index is 14.2. The van der Waals surface area contributed by atoms with E-state index < -0.39 is 219 Å². The molecule has 0 saturated carbocycles. The van der Waals surface area contributed by atoms with Crippen LogP contribution >= 0.6 is 0 Å². The van der Waals surface area contributed by atoms with Crippen LogP contribution in [-0.2, 0) is 73.5 Å². The van der Waals surface area contributed by atoms with Crippen LogP contribution in [0.5, 0.6) is 0 Å². The van der Waals surface area contributed by atoms with E-state index in [2.05, 4.69) is 47.9 Å². The predicted molar refractivity (Wildman–Crippen MR) is 292 cm³/mol. The van der Waals surface area contributed by atoms with E-state index >= 15 is 0 Å². The fourth-order valence-corrected chi connectivity index (χ4v) is 7.85. The number of primary amides is 2. The van der Waals surface area contributed by atoms with Crippen molar-refractivity contribution in [2.45, 2.75) is 179 Å². The first-order valence-corrected chi connectivity index (χ1v) is 26.8. The topological polar surface area (TPSA) is 526 Å². The monoisotopic (exact) mass is 1180 g/mol. The molecule has 83 heavy (non-hydrogen) atoms. The minimum atomic E-state index is -1.92. The second-order valence-electron chi connectivity index (χ2n) is 20.4. The summed E-state index contributed by atoms with van der Waals surface area (Å²) < 4.78 is 0. The first kappa shape index (κ1) is 72.7. The molecule has 464 valence electrons. The van der Waals surface area contributed by atoms with E-state index in [1.165, 1.54) is 20.8 Å². The lowest BCUT2D eigenvalue weighted by atomic mass is 9.95. The Hall–Kier alpha value is -8.32. The van der Waals surface area contributed by atoms with Gasteiger partial charge >= 0.3 is 17.9 Å². The highest BCUT2D eigenvalue weighted by Crippen LogP contribution is 2.15. The summed E-state index contributed by atoms with van der Waals surface area (Å²) in [6.45, 7) is 9.57. The Morgan fingerprint density at radius 1 is 0.458 bits per heavy atom. The Bertz CT molecular complexity index is 2450. The molecule has 0 bridgehead atoms. The van der Waals surface area contributed by atoms with Crippen molar-refractivity contribution in [3.63, 3.8) is 0 Å². The van der Waals surface area contributed by atoms with E-state index in [4.69, 9.17) is 17.2 Å². The first-order chi connectivity index (χ1) is 38.8. The van der Waals surface area contributed by atoms with Crippen molar-refractivity contribution in [3.05, 3.63) is 35.9 Å². The third-order valence-electron chi connectivity index (χ3n) is 13.2. The smallest absolute Gasteiger partial charge is 0.326 e. The van der Waals surface area contributed by atoms with Crippen LogP contribution in [0, 0.1) is 17.8 Å². The van der Waals surface area contributed by atoms with Crippen molar-refractivity contribution in [1.82, 2.24) is 47.9 Å². The molecule has 0 heterocycles. The van der Waals surface area contributed by atoms with Crippen LogP contribution in [0.2, 0.25) is 0 Å². The van der Waals surface area contributed by atoms with Crippen LogP contribution in [0.1, 0.15) is 112 Å². The number of benzene rings is 1. The maximum atomic E-state index is 14.2. The van der Waals surface area contributed by atoms with Crippen molar-refractivity contribution in [3.8, 4) is 0 Å². The molecule has 13 atom stereocenters. The lowest BCUT2D eigenvalue weighted by Crippen LogP contribution is -2.63. The molecule has 0 aliphatic heterocycles. The predicted octanol–water partition coefficient (Wildman–Crippen LogP) is -5.00. The van der Waals surface area contributed by atoms with Gasteiger partial charge in [0.25, 0.3) is 0 Å². The molecule has 11 amide bonds. The number of aliphatic hydroxyl groups is 2. The van der Waals surface area contributed by atoms with Gasteiger partial charge in [0, 0.05) is 25.7 Å². The van der Waals surface area contributed by atoms with Gasteiger partial charge in [0.2, 0.25) is 65.0 Å². The van der Waals surface area contributed by atoms with Crippen LogP contribution in [-0.4, -0.2) is 182 Å². The van der Waals surface area contributed by atoms with E-state index in [1.807, 2.05) is 0 Å². The molecule has 0 aliphatic carbocycles. The normalized spacial score (nSPS) is 15.8.